The first-order valence-electron chi connectivity index (χ1n) is 7.29. The summed E-state index contributed by atoms with van der Waals surface area (Å²) in [6, 6.07) is 2.02. The van der Waals surface area contributed by atoms with Crippen LogP contribution in [0.2, 0.25) is 0 Å². The molecule has 0 aromatic heterocycles. The molecule has 1 heterocycles. The number of carboxylic acids is 1. The first-order chi connectivity index (χ1) is 9.93. The van der Waals surface area contributed by atoms with Gasteiger partial charge in [-0.25, -0.2) is 4.79 Å². The second kappa shape index (κ2) is 8.47. The SMILES string of the molecule is CC(C)CN(CCC#N)C(=O)N1CCN(CC(=O)O)CC1. The number of hydrogen-bond acceptors (Lipinski definition) is 4. The Hall–Kier alpha value is -1.81. The Morgan fingerprint density at radius 2 is 1.90 bits per heavy atom. The van der Waals surface area contributed by atoms with Gasteiger partial charge in [0.05, 0.1) is 19.0 Å². The van der Waals surface area contributed by atoms with E-state index in [1.165, 1.54) is 0 Å². The summed E-state index contributed by atoms with van der Waals surface area (Å²) in [5, 5.41) is 17.5. The summed E-state index contributed by atoms with van der Waals surface area (Å²) in [7, 11) is 0. The van der Waals surface area contributed by atoms with Crippen LogP contribution in [0.1, 0.15) is 20.3 Å². The van der Waals surface area contributed by atoms with Gasteiger partial charge in [-0.05, 0) is 5.92 Å². The van der Waals surface area contributed by atoms with Crippen molar-refractivity contribution in [3.05, 3.63) is 0 Å². The molecule has 1 aliphatic rings. The zero-order valence-corrected chi connectivity index (χ0v) is 12.8. The maximum absolute atomic E-state index is 12.5. The summed E-state index contributed by atoms with van der Waals surface area (Å²) >= 11 is 0. The molecule has 1 rings (SSSR count). The van der Waals surface area contributed by atoms with E-state index in [0.717, 1.165) is 0 Å². The van der Waals surface area contributed by atoms with Crippen LogP contribution in [0.5, 0.6) is 0 Å². The topological polar surface area (TPSA) is 87.9 Å². The predicted molar refractivity (Wildman–Crippen MR) is 77.7 cm³/mol. The lowest BCUT2D eigenvalue weighted by Crippen LogP contribution is -2.54. The number of nitriles is 1. The first kappa shape index (κ1) is 17.2. The maximum Gasteiger partial charge on any atom is 0.320 e. The van der Waals surface area contributed by atoms with Gasteiger partial charge >= 0.3 is 12.0 Å². The van der Waals surface area contributed by atoms with Gasteiger partial charge in [0.1, 0.15) is 0 Å². The third-order valence-electron chi connectivity index (χ3n) is 3.35. The van der Waals surface area contributed by atoms with E-state index in [9.17, 15) is 9.59 Å². The van der Waals surface area contributed by atoms with Gasteiger partial charge < -0.3 is 14.9 Å². The van der Waals surface area contributed by atoms with E-state index < -0.39 is 5.97 Å². The lowest BCUT2D eigenvalue weighted by Gasteiger charge is -2.37. The van der Waals surface area contributed by atoms with Crippen molar-refractivity contribution in [3.63, 3.8) is 0 Å². The Morgan fingerprint density at radius 1 is 1.29 bits per heavy atom. The number of carbonyl (C=O) groups excluding carboxylic acids is 1. The summed E-state index contributed by atoms with van der Waals surface area (Å²) in [4.78, 5) is 28.4. The molecule has 1 fully saturated rings. The molecule has 7 heteroatoms. The minimum atomic E-state index is -0.842. The molecule has 2 amide bonds. The van der Waals surface area contributed by atoms with Crippen LogP contribution in [0.4, 0.5) is 4.79 Å². The molecular weight excluding hydrogens is 272 g/mol. The van der Waals surface area contributed by atoms with Gasteiger partial charge in [0.15, 0.2) is 0 Å². The van der Waals surface area contributed by atoms with Crippen LogP contribution in [-0.2, 0) is 4.79 Å². The van der Waals surface area contributed by atoms with Crippen LogP contribution in [0, 0.1) is 17.2 Å². The van der Waals surface area contributed by atoms with Crippen LogP contribution in [0.25, 0.3) is 0 Å². The molecule has 0 spiro atoms. The number of piperazine rings is 1. The van der Waals surface area contributed by atoms with E-state index in [1.54, 1.807) is 9.80 Å². The minimum absolute atomic E-state index is 0.0200. The molecule has 0 atom stereocenters. The monoisotopic (exact) mass is 296 g/mol. The number of amides is 2. The van der Waals surface area contributed by atoms with E-state index >= 15 is 0 Å². The van der Waals surface area contributed by atoms with Crippen LogP contribution >= 0.6 is 0 Å². The molecule has 7 nitrogen and oxygen atoms in total. The second-order valence-corrected chi connectivity index (χ2v) is 5.69. The van der Waals surface area contributed by atoms with Crippen molar-refractivity contribution in [2.24, 2.45) is 5.92 Å². The molecule has 21 heavy (non-hydrogen) atoms. The summed E-state index contributed by atoms with van der Waals surface area (Å²) in [6.07, 6.45) is 0.331. The Morgan fingerprint density at radius 3 is 2.38 bits per heavy atom. The molecule has 118 valence electrons. The lowest BCUT2D eigenvalue weighted by molar-refractivity contribution is -0.138. The number of aliphatic carboxylic acids is 1. The molecule has 0 aromatic carbocycles. The normalized spacial score (nSPS) is 15.8. The lowest BCUT2D eigenvalue weighted by atomic mass is 10.2. The van der Waals surface area contributed by atoms with Crippen molar-refractivity contribution >= 4 is 12.0 Å². The van der Waals surface area contributed by atoms with Gasteiger partial charge in [-0.1, -0.05) is 13.8 Å². The van der Waals surface area contributed by atoms with E-state index in [4.69, 9.17) is 10.4 Å². The summed E-state index contributed by atoms with van der Waals surface area (Å²) in [5.41, 5.74) is 0. The van der Waals surface area contributed by atoms with E-state index in [-0.39, 0.29) is 12.6 Å². The van der Waals surface area contributed by atoms with Crippen molar-refractivity contribution in [1.82, 2.24) is 14.7 Å². The van der Waals surface area contributed by atoms with Gasteiger partial charge in [-0.2, -0.15) is 5.26 Å². The number of carbonyl (C=O) groups is 2. The zero-order valence-electron chi connectivity index (χ0n) is 12.8. The van der Waals surface area contributed by atoms with Gasteiger partial charge in [-0.3, -0.25) is 9.69 Å². The summed E-state index contributed by atoms with van der Waals surface area (Å²) in [6.45, 7) is 7.40. The van der Waals surface area contributed by atoms with Gasteiger partial charge in [-0.15, -0.1) is 0 Å². The quantitative estimate of drug-likeness (QED) is 0.778. The van der Waals surface area contributed by atoms with Crippen LogP contribution in [-0.4, -0.2) is 77.6 Å². The van der Waals surface area contributed by atoms with E-state index in [1.807, 2.05) is 18.7 Å². The fourth-order valence-electron chi connectivity index (χ4n) is 2.38. The fourth-order valence-corrected chi connectivity index (χ4v) is 2.38. The Bertz CT molecular complexity index is 398. The predicted octanol–water partition coefficient (Wildman–Crippen LogP) is 0.680. The highest BCUT2D eigenvalue weighted by atomic mass is 16.4. The van der Waals surface area contributed by atoms with Crippen LogP contribution < -0.4 is 0 Å². The number of nitrogens with zero attached hydrogens (tertiary/aromatic N) is 4. The van der Waals surface area contributed by atoms with E-state index in [2.05, 4.69) is 6.07 Å². The van der Waals surface area contributed by atoms with Crippen molar-refractivity contribution in [3.8, 4) is 6.07 Å². The van der Waals surface area contributed by atoms with Crippen molar-refractivity contribution < 1.29 is 14.7 Å². The highest BCUT2D eigenvalue weighted by Gasteiger charge is 2.26. The highest BCUT2D eigenvalue weighted by molar-refractivity contribution is 5.74. The molecule has 0 saturated carbocycles. The molecule has 0 radical (unpaired) electrons. The molecule has 0 unspecified atom stereocenters. The molecule has 0 aromatic rings. The number of hydrogen-bond donors (Lipinski definition) is 1. The van der Waals surface area contributed by atoms with Gasteiger partial charge in [0.2, 0.25) is 0 Å². The zero-order chi connectivity index (χ0) is 15.8. The standard InChI is InChI=1S/C14H24N4O3/c1-12(2)10-18(5-3-4-15)14(21)17-8-6-16(7-9-17)11-13(19)20/h12H,3,5-11H2,1-2H3,(H,19,20). The highest BCUT2D eigenvalue weighted by Crippen LogP contribution is 2.09. The van der Waals surface area contributed by atoms with Crippen molar-refractivity contribution in [2.45, 2.75) is 20.3 Å². The maximum atomic E-state index is 12.5. The van der Waals surface area contributed by atoms with Crippen LogP contribution in [0.15, 0.2) is 0 Å². The first-order valence-corrected chi connectivity index (χ1v) is 7.29. The average Bonchev–Trinajstić information content (AvgIpc) is 2.42. The Balaban J connectivity index is 2.52. The molecule has 1 aliphatic heterocycles. The number of carboxylic acid groups (broad SMARTS) is 1. The minimum Gasteiger partial charge on any atom is -0.480 e. The number of urea groups is 1. The Kier molecular flexibility index (Phi) is 6.96. The molecule has 1 N–H and O–H groups in total. The van der Waals surface area contributed by atoms with Crippen LogP contribution in [0.3, 0.4) is 0 Å². The third-order valence-corrected chi connectivity index (χ3v) is 3.35. The summed E-state index contributed by atoms with van der Waals surface area (Å²) < 4.78 is 0. The second-order valence-electron chi connectivity index (χ2n) is 5.69. The Labute approximate surface area is 125 Å². The molecule has 1 saturated heterocycles. The smallest absolute Gasteiger partial charge is 0.320 e. The van der Waals surface area contributed by atoms with Crippen molar-refractivity contribution in [2.75, 3.05) is 45.8 Å². The molecular formula is C14H24N4O3. The number of rotatable bonds is 6. The van der Waals surface area contributed by atoms with Gasteiger partial charge in [0, 0.05) is 39.3 Å². The third kappa shape index (κ3) is 6.00. The van der Waals surface area contributed by atoms with E-state index in [0.29, 0.717) is 51.6 Å². The molecule has 0 aliphatic carbocycles. The molecule has 0 bridgehead atoms. The van der Waals surface area contributed by atoms with Crippen molar-refractivity contribution in [1.29, 1.82) is 5.26 Å². The average molecular weight is 296 g/mol. The largest absolute Gasteiger partial charge is 0.480 e. The fraction of sp³-hybridized carbons (Fsp3) is 0.786. The van der Waals surface area contributed by atoms with Gasteiger partial charge in [0.25, 0.3) is 0 Å². The summed E-state index contributed by atoms with van der Waals surface area (Å²) in [5.74, 6) is -0.494.